The van der Waals surface area contributed by atoms with Gasteiger partial charge in [0.05, 0.1) is 0 Å². The zero-order valence-corrected chi connectivity index (χ0v) is 38.3. The van der Waals surface area contributed by atoms with Gasteiger partial charge in [-0.3, -0.25) is 0 Å². The first-order valence-corrected chi connectivity index (χ1v) is 22.4. The van der Waals surface area contributed by atoms with Crippen LogP contribution in [0.15, 0.2) is 103 Å². The van der Waals surface area contributed by atoms with E-state index in [-0.39, 0.29) is 0 Å². The maximum absolute atomic E-state index is 2.35. The van der Waals surface area contributed by atoms with Crippen LogP contribution in [0.3, 0.4) is 0 Å². The van der Waals surface area contributed by atoms with E-state index in [4.69, 9.17) is 0 Å². The molecule has 3 aliphatic rings. The minimum atomic E-state index is 0.659. The van der Waals surface area contributed by atoms with Gasteiger partial charge in [0.25, 0.3) is 0 Å². The number of hydrogen-bond donors (Lipinski definition) is 0. The summed E-state index contributed by atoms with van der Waals surface area (Å²) in [6.07, 6.45) is 9.22. The molecule has 3 aliphatic carbocycles. The summed E-state index contributed by atoms with van der Waals surface area (Å²) in [5.41, 5.74) is 10.9. The molecule has 302 valence electrons. The second-order valence-corrected chi connectivity index (χ2v) is 15.4. The smallest absolute Gasteiger partial charge is 0.0133 e. The summed E-state index contributed by atoms with van der Waals surface area (Å²) in [6.45, 7) is 34.4. The highest BCUT2D eigenvalue weighted by molar-refractivity contribution is 5.35. The van der Waals surface area contributed by atoms with E-state index in [2.05, 4.69) is 152 Å². The van der Waals surface area contributed by atoms with Crippen LogP contribution >= 0.6 is 0 Å². The molecule has 2 atom stereocenters. The Morgan fingerprint density at radius 2 is 0.741 bits per heavy atom. The maximum atomic E-state index is 2.35. The van der Waals surface area contributed by atoms with Crippen molar-refractivity contribution in [2.24, 2.45) is 29.6 Å². The molecule has 7 rings (SSSR count). The summed E-state index contributed by atoms with van der Waals surface area (Å²) < 4.78 is 0. The minimum absolute atomic E-state index is 0.659. The lowest BCUT2D eigenvalue weighted by atomic mass is 9.78. The molecule has 0 heterocycles. The van der Waals surface area contributed by atoms with Crippen molar-refractivity contribution in [2.75, 3.05) is 0 Å². The molecular weight excluding hydrogens is 649 g/mol. The van der Waals surface area contributed by atoms with Crippen molar-refractivity contribution in [2.45, 2.75) is 168 Å². The minimum Gasteiger partial charge on any atom is -0.0683 e. The summed E-state index contributed by atoms with van der Waals surface area (Å²) in [7, 11) is 0. The molecule has 0 aromatic heterocycles. The molecule has 0 N–H and O–H groups in total. The highest BCUT2D eigenvalue weighted by atomic mass is 14.3. The Morgan fingerprint density at radius 1 is 0.370 bits per heavy atom. The van der Waals surface area contributed by atoms with E-state index in [1.165, 1.54) is 50.5 Å². The van der Waals surface area contributed by atoms with Crippen molar-refractivity contribution >= 4 is 0 Å². The summed E-state index contributed by atoms with van der Waals surface area (Å²) in [4.78, 5) is 0. The second-order valence-electron chi connectivity index (χ2n) is 15.4. The zero-order valence-electron chi connectivity index (χ0n) is 38.3. The lowest BCUT2D eigenvalue weighted by molar-refractivity contribution is 0.343. The Balaban J connectivity index is 0.000000656. The summed E-state index contributed by atoms with van der Waals surface area (Å²) in [5, 5.41) is 0. The standard InChI is InChI=1S/C13H18.2C12H16.C9H12.4C2H6/c1-10(2)12-8-7-11-5-3-4-6-13(11)9-12;1-9(2)12-7-10-5-3-4-6-11(10)8-12;1-9(2)11-8-7-10-5-3-4-6-12(10)11;1-8(2)9-6-4-3-5-7-9;4*1-2/h3-6,10,12H,7-9H2,1-2H3;3-6,9,12H,7-8H2,1-2H3;3-6,9,11H,7-8H2,1-2H3;3-8H,1-2H3;4*1-2H3. The predicted octanol–water partition coefficient (Wildman–Crippen LogP) is 16.8. The monoisotopic (exact) mass is 735 g/mol. The molecule has 4 aromatic carbocycles. The summed E-state index contributed by atoms with van der Waals surface area (Å²) >= 11 is 0. The predicted molar refractivity (Wildman–Crippen MR) is 247 cm³/mol. The number of aryl methyl sites for hydroxylation is 2. The fourth-order valence-corrected chi connectivity index (χ4v) is 7.48. The Labute approximate surface area is 338 Å². The van der Waals surface area contributed by atoms with E-state index in [9.17, 15) is 0 Å². The lowest BCUT2D eigenvalue weighted by Gasteiger charge is -2.27. The van der Waals surface area contributed by atoms with Crippen LogP contribution in [-0.2, 0) is 32.1 Å². The van der Waals surface area contributed by atoms with E-state index < -0.39 is 0 Å². The molecule has 0 bridgehead atoms. The average Bonchev–Trinajstić information content (AvgIpc) is 3.88. The molecule has 0 nitrogen and oxygen atoms in total. The topological polar surface area (TPSA) is 0 Å². The van der Waals surface area contributed by atoms with Crippen molar-refractivity contribution in [1.29, 1.82) is 0 Å². The Morgan fingerprint density at radius 3 is 1.17 bits per heavy atom. The van der Waals surface area contributed by atoms with Crippen LogP contribution in [0, 0.1) is 29.6 Å². The average molecular weight is 735 g/mol. The van der Waals surface area contributed by atoms with Crippen LogP contribution in [-0.4, -0.2) is 0 Å². The zero-order chi connectivity index (χ0) is 41.1. The SMILES string of the molecule is CC.CC.CC.CC.CC(C)C1CCc2ccccc21.CC(C)C1CCc2ccccc2C1.CC(C)C1Cc2ccccc2C1.CC(C)c1ccccc1. The molecule has 2 unspecified atom stereocenters. The van der Waals surface area contributed by atoms with Crippen LogP contribution in [0.1, 0.15) is 174 Å². The molecule has 54 heavy (non-hydrogen) atoms. The van der Waals surface area contributed by atoms with Gasteiger partial charge in [0, 0.05) is 0 Å². The van der Waals surface area contributed by atoms with Gasteiger partial charge in [0.15, 0.2) is 0 Å². The third-order valence-electron chi connectivity index (χ3n) is 10.8. The number of rotatable bonds is 4. The molecule has 0 spiro atoms. The molecule has 0 radical (unpaired) electrons. The Hall–Kier alpha value is -3.12. The van der Waals surface area contributed by atoms with Crippen molar-refractivity contribution < 1.29 is 0 Å². The van der Waals surface area contributed by atoms with Crippen LogP contribution in [0.25, 0.3) is 0 Å². The van der Waals surface area contributed by atoms with Gasteiger partial charge in [-0.1, -0.05) is 214 Å². The third kappa shape index (κ3) is 17.6. The van der Waals surface area contributed by atoms with E-state index in [1.54, 1.807) is 33.4 Å². The fraction of sp³-hybridized carbons (Fsp3) is 0.556. The molecule has 0 heteroatoms. The lowest BCUT2D eigenvalue weighted by Crippen LogP contribution is -2.18. The molecule has 0 aliphatic heterocycles. The number of hydrogen-bond acceptors (Lipinski definition) is 0. The highest BCUT2D eigenvalue weighted by Crippen LogP contribution is 2.37. The normalized spacial score (nSPS) is 15.9. The van der Waals surface area contributed by atoms with Gasteiger partial charge in [0.1, 0.15) is 0 Å². The van der Waals surface area contributed by atoms with Gasteiger partial charge in [-0.05, 0) is 125 Å². The molecule has 4 aromatic rings. The van der Waals surface area contributed by atoms with Crippen molar-refractivity contribution in [3.8, 4) is 0 Å². The largest absolute Gasteiger partial charge is 0.0683 e. The molecule has 0 amide bonds. The first-order valence-electron chi connectivity index (χ1n) is 22.4. The van der Waals surface area contributed by atoms with Gasteiger partial charge >= 0.3 is 0 Å². The molecule has 0 fully saturated rings. The van der Waals surface area contributed by atoms with Crippen LogP contribution in [0.5, 0.6) is 0 Å². The van der Waals surface area contributed by atoms with E-state index in [0.29, 0.717) is 5.92 Å². The first kappa shape index (κ1) is 50.9. The third-order valence-corrected chi connectivity index (χ3v) is 10.8. The van der Waals surface area contributed by atoms with Crippen molar-refractivity contribution in [3.63, 3.8) is 0 Å². The fourth-order valence-electron chi connectivity index (χ4n) is 7.48. The van der Waals surface area contributed by atoms with Gasteiger partial charge in [0.2, 0.25) is 0 Å². The van der Waals surface area contributed by atoms with Crippen molar-refractivity contribution in [3.05, 3.63) is 142 Å². The van der Waals surface area contributed by atoms with E-state index in [0.717, 1.165) is 35.5 Å². The van der Waals surface area contributed by atoms with Crippen LogP contribution in [0.4, 0.5) is 0 Å². The molecule has 0 saturated carbocycles. The highest BCUT2D eigenvalue weighted by Gasteiger charge is 2.24. The van der Waals surface area contributed by atoms with E-state index in [1.807, 2.05) is 61.5 Å². The maximum Gasteiger partial charge on any atom is -0.0133 e. The van der Waals surface area contributed by atoms with Gasteiger partial charge in [-0.25, -0.2) is 0 Å². The Bertz CT molecular complexity index is 1410. The van der Waals surface area contributed by atoms with Crippen LogP contribution in [0.2, 0.25) is 0 Å². The van der Waals surface area contributed by atoms with Gasteiger partial charge < -0.3 is 0 Å². The molecule has 0 saturated heterocycles. The number of fused-ring (bicyclic) bond motifs is 3. The first-order chi connectivity index (χ1) is 26.1. The van der Waals surface area contributed by atoms with Crippen molar-refractivity contribution in [1.82, 2.24) is 0 Å². The Kier molecular flexibility index (Phi) is 28.4. The van der Waals surface area contributed by atoms with Crippen LogP contribution < -0.4 is 0 Å². The summed E-state index contributed by atoms with van der Waals surface area (Å²) in [5.74, 6) is 5.75. The summed E-state index contributed by atoms with van der Waals surface area (Å²) in [6, 6.07) is 37.2. The molecular formula is C54H86. The second kappa shape index (κ2) is 30.1. The van der Waals surface area contributed by atoms with Gasteiger partial charge in [-0.2, -0.15) is 0 Å². The van der Waals surface area contributed by atoms with E-state index >= 15 is 0 Å². The van der Waals surface area contributed by atoms with Gasteiger partial charge in [-0.15, -0.1) is 0 Å². The quantitative estimate of drug-likeness (QED) is 0.196. The number of benzene rings is 4.